The van der Waals surface area contributed by atoms with E-state index in [2.05, 4.69) is 71.4 Å². The van der Waals surface area contributed by atoms with Gasteiger partial charge < -0.3 is 10.2 Å². The molecular weight excluding hydrogens is 426 g/mol. The number of nitrogens with one attached hydrogen (secondary N) is 1. The van der Waals surface area contributed by atoms with Crippen LogP contribution < -0.4 is 5.32 Å². The van der Waals surface area contributed by atoms with Crippen LogP contribution in [0.1, 0.15) is 72.5 Å². The Labute approximate surface area is 203 Å². The predicted octanol–water partition coefficient (Wildman–Crippen LogP) is 5.27. The summed E-state index contributed by atoms with van der Waals surface area (Å²) in [6.07, 6.45) is 4.68. The van der Waals surface area contributed by atoms with E-state index in [4.69, 9.17) is 0 Å². The van der Waals surface area contributed by atoms with Gasteiger partial charge in [-0.25, -0.2) is 0 Å². The third-order valence-corrected chi connectivity index (χ3v) is 8.45. The summed E-state index contributed by atoms with van der Waals surface area (Å²) in [5.41, 5.74) is 5.01. The smallest absolute Gasteiger partial charge is 0.254 e. The lowest BCUT2D eigenvalue weighted by Crippen LogP contribution is -2.46. The van der Waals surface area contributed by atoms with Crippen molar-refractivity contribution >= 4 is 17.7 Å². The van der Waals surface area contributed by atoms with Gasteiger partial charge in [0, 0.05) is 41.4 Å². The Kier molecular flexibility index (Phi) is 7.10. The minimum atomic E-state index is 0.234. The summed E-state index contributed by atoms with van der Waals surface area (Å²) in [6.45, 7) is 10.6. The van der Waals surface area contributed by atoms with Crippen LogP contribution in [-0.4, -0.2) is 53.2 Å². The first-order chi connectivity index (χ1) is 16.1. The largest absolute Gasteiger partial charge is 0.330 e. The number of carbonyl (C=O) groups excluding carboxylic acids is 1. The van der Waals surface area contributed by atoms with Crippen LogP contribution in [0.15, 0.2) is 47.4 Å². The topological polar surface area (TPSA) is 35.6 Å². The summed E-state index contributed by atoms with van der Waals surface area (Å²) >= 11 is 1.93. The van der Waals surface area contributed by atoms with Gasteiger partial charge in [0.2, 0.25) is 0 Å². The molecule has 33 heavy (non-hydrogen) atoms. The second-order valence-electron chi connectivity index (χ2n) is 10.2. The Morgan fingerprint density at radius 3 is 2.55 bits per heavy atom. The molecule has 0 saturated carbocycles. The van der Waals surface area contributed by atoms with E-state index in [1.54, 1.807) is 0 Å². The first-order valence-corrected chi connectivity index (χ1v) is 13.6. The highest BCUT2D eigenvalue weighted by molar-refractivity contribution is 7.99. The first kappa shape index (κ1) is 22.9. The Bertz CT molecular complexity index is 960. The number of fused-ring (bicyclic) bond motifs is 1. The van der Waals surface area contributed by atoms with E-state index in [9.17, 15) is 4.79 Å². The molecule has 3 aliphatic rings. The number of benzene rings is 2. The summed E-state index contributed by atoms with van der Waals surface area (Å²) in [5.74, 6) is 0.842. The maximum absolute atomic E-state index is 13.0. The molecular formula is C28H37N3OS. The first-order valence-electron chi connectivity index (χ1n) is 12.7. The van der Waals surface area contributed by atoms with Crippen molar-refractivity contribution in [1.29, 1.82) is 0 Å². The third-order valence-electron chi connectivity index (χ3n) is 7.43. The number of nitrogens with zero attached hydrogens (tertiary/aromatic N) is 2. The molecule has 1 unspecified atom stereocenters. The van der Waals surface area contributed by atoms with Gasteiger partial charge in [-0.2, -0.15) is 0 Å². The summed E-state index contributed by atoms with van der Waals surface area (Å²) in [7, 11) is 0. The molecule has 2 fully saturated rings. The summed E-state index contributed by atoms with van der Waals surface area (Å²) in [6, 6.07) is 16.1. The van der Waals surface area contributed by atoms with Crippen molar-refractivity contribution in [2.24, 2.45) is 0 Å². The molecule has 3 aliphatic heterocycles. The van der Waals surface area contributed by atoms with Crippen molar-refractivity contribution in [3.8, 4) is 0 Å². The lowest BCUT2D eigenvalue weighted by atomic mass is 9.87. The van der Waals surface area contributed by atoms with E-state index in [-0.39, 0.29) is 5.91 Å². The highest BCUT2D eigenvalue weighted by atomic mass is 32.2. The van der Waals surface area contributed by atoms with E-state index in [1.807, 2.05) is 11.8 Å². The molecule has 1 atom stereocenters. The number of thioether (sulfide) groups is 1. The van der Waals surface area contributed by atoms with Gasteiger partial charge in [-0.05, 0) is 86.1 Å². The van der Waals surface area contributed by atoms with Crippen LogP contribution in [0, 0.1) is 0 Å². The lowest BCUT2D eigenvalue weighted by Gasteiger charge is -2.32. The minimum absolute atomic E-state index is 0.234. The SMILES string of the molecule is CC(C)Sc1ccc(CN2CCC(c3ccc4c(c3)CN(C3CCCNC3)C4=O)CC2)cc1. The van der Waals surface area contributed by atoms with E-state index in [0.29, 0.717) is 17.2 Å². The molecule has 0 bridgehead atoms. The molecule has 5 heteroatoms. The zero-order valence-electron chi connectivity index (χ0n) is 20.1. The van der Waals surface area contributed by atoms with Gasteiger partial charge in [0.15, 0.2) is 0 Å². The molecule has 0 aromatic heterocycles. The number of hydrogen-bond donors (Lipinski definition) is 1. The monoisotopic (exact) mass is 463 g/mol. The molecule has 3 heterocycles. The Morgan fingerprint density at radius 2 is 1.85 bits per heavy atom. The van der Waals surface area contributed by atoms with Gasteiger partial charge in [0.1, 0.15) is 0 Å². The fraction of sp³-hybridized carbons (Fsp3) is 0.536. The van der Waals surface area contributed by atoms with Crippen molar-refractivity contribution in [1.82, 2.24) is 15.1 Å². The minimum Gasteiger partial charge on any atom is -0.330 e. The van der Waals surface area contributed by atoms with Gasteiger partial charge in [-0.15, -0.1) is 11.8 Å². The van der Waals surface area contributed by atoms with Crippen LogP contribution in [0.5, 0.6) is 0 Å². The normalized spacial score (nSPS) is 22.2. The molecule has 0 aliphatic carbocycles. The number of hydrogen-bond acceptors (Lipinski definition) is 4. The maximum atomic E-state index is 13.0. The second-order valence-corrected chi connectivity index (χ2v) is 11.9. The van der Waals surface area contributed by atoms with Gasteiger partial charge in [0.25, 0.3) is 5.91 Å². The summed E-state index contributed by atoms with van der Waals surface area (Å²) in [5, 5.41) is 4.08. The average Bonchev–Trinajstić information content (AvgIpc) is 3.17. The second kappa shape index (κ2) is 10.2. The van der Waals surface area contributed by atoms with E-state index in [0.717, 1.165) is 57.7 Å². The number of amides is 1. The van der Waals surface area contributed by atoms with Gasteiger partial charge >= 0.3 is 0 Å². The fourth-order valence-corrected chi connectivity index (χ4v) is 6.48. The van der Waals surface area contributed by atoms with Crippen LogP contribution in [0.2, 0.25) is 0 Å². The number of rotatable bonds is 6. The van der Waals surface area contributed by atoms with Gasteiger partial charge in [-0.3, -0.25) is 9.69 Å². The van der Waals surface area contributed by atoms with E-state index < -0.39 is 0 Å². The Hall–Kier alpha value is -1.82. The molecule has 1 amide bonds. The highest BCUT2D eigenvalue weighted by Crippen LogP contribution is 2.34. The maximum Gasteiger partial charge on any atom is 0.254 e. The van der Waals surface area contributed by atoms with Crippen LogP contribution in [0.25, 0.3) is 0 Å². The number of piperidine rings is 2. The lowest BCUT2D eigenvalue weighted by molar-refractivity contribution is 0.0674. The molecule has 0 spiro atoms. The number of carbonyl (C=O) groups is 1. The zero-order valence-corrected chi connectivity index (χ0v) is 20.9. The Morgan fingerprint density at radius 1 is 1.06 bits per heavy atom. The van der Waals surface area contributed by atoms with Crippen molar-refractivity contribution < 1.29 is 4.79 Å². The zero-order chi connectivity index (χ0) is 22.8. The number of likely N-dealkylation sites (tertiary alicyclic amines) is 1. The standard InChI is InChI=1S/C28H37N3OS/c1-20(2)33-26-8-5-21(6-9-26)18-30-14-11-22(12-15-30)23-7-10-27-24(16-23)19-31(28(27)32)25-4-3-13-29-17-25/h5-10,16,20,22,25,29H,3-4,11-15,17-19H2,1-2H3. The van der Waals surface area contributed by atoms with Crippen molar-refractivity contribution in [2.45, 2.75) is 74.7 Å². The van der Waals surface area contributed by atoms with Crippen molar-refractivity contribution in [3.05, 3.63) is 64.7 Å². The Balaban J connectivity index is 1.16. The molecule has 5 rings (SSSR count). The molecule has 2 saturated heterocycles. The van der Waals surface area contributed by atoms with Gasteiger partial charge in [-0.1, -0.05) is 38.1 Å². The predicted molar refractivity (Wildman–Crippen MR) is 137 cm³/mol. The fourth-order valence-electron chi connectivity index (χ4n) is 5.64. The van der Waals surface area contributed by atoms with Crippen LogP contribution in [0.3, 0.4) is 0 Å². The molecule has 176 valence electrons. The molecule has 2 aromatic carbocycles. The quantitative estimate of drug-likeness (QED) is 0.592. The average molecular weight is 464 g/mol. The van der Waals surface area contributed by atoms with Crippen molar-refractivity contribution in [3.63, 3.8) is 0 Å². The van der Waals surface area contributed by atoms with E-state index >= 15 is 0 Å². The van der Waals surface area contributed by atoms with Crippen LogP contribution in [-0.2, 0) is 13.1 Å². The molecule has 0 radical (unpaired) electrons. The van der Waals surface area contributed by atoms with E-state index in [1.165, 1.54) is 34.4 Å². The van der Waals surface area contributed by atoms with Crippen LogP contribution >= 0.6 is 11.8 Å². The summed E-state index contributed by atoms with van der Waals surface area (Å²) in [4.78, 5) is 19.0. The molecule has 4 nitrogen and oxygen atoms in total. The summed E-state index contributed by atoms with van der Waals surface area (Å²) < 4.78 is 0. The van der Waals surface area contributed by atoms with Crippen molar-refractivity contribution in [2.75, 3.05) is 26.2 Å². The van der Waals surface area contributed by atoms with Gasteiger partial charge in [0.05, 0.1) is 0 Å². The molecule has 1 N–H and O–H groups in total. The van der Waals surface area contributed by atoms with Crippen LogP contribution in [0.4, 0.5) is 0 Å². The molecule has 2 aromatic rings. The third kappa shape index (κ3) is 5.31. The highest BCUT2D eigenvalue weighted by Gasteiger charge is 2.34.